The highest BCUT2D eigenvalue weighted by Crippen LogP contribution is 2.23. The molecule has 0 radical (unpaired) electrons. The van der Waals surface area contributed by atoms with Crippen LogP contribution in [0.3, 0.4) is 0 Å². The Bertz CT molecular complexity index is 583. The van der Waals surface area contributed by atoms with Gasteiger partial charge in [-0.3, -0.25) is 10.1 Å². The van der Waals surface area contributed by atoms with E-state index in [1.807, 2.05) is 4.57 Å². The second-order valence-electron chi connectivity index (χ2n) is 3.64. The summed E-state index contributed by atoms with van der Waals surface area (Å²) in [5.41, 5.74) is 0.763. The standard InChI is InChI=1S/C11H9Cl2N3O2/c12-6-11-14-3-4-15(11)7-8-1-2-9(16(17)18)5-10(8)13/h1-5H,6-7H2. The van der Waals surface area contributed by atoms with Gasteiger partial charge >= 0.3 is 0 Å². The Hall–Kier alpha value is -1.59. The minimum absolute atomic E-state index is 0.0213. The van der Waals surface area contributed by atoms with Gasteiger partial charge in [-0.15, -0.1) is 11.6 Å². The van der Waals surface area contributed by atoms with Gasteiger partial charge in [0.1, 0.15) is 5.82 Å². The Morgan fingerprint density at radius 2 is 2.22 bits per heavy atom. The summed E-state index contributed by atoms with van der Waals surface area (Å²) in [6.45, 7) is 0.485. The molecule has 94 valence electrons. The van der Waals surface area contributed by atoms with Crippen LogP contribution in [0.2, 0.25) is 5.02 Å². The van der Waals surface area contributed by atoms with Crippen molar-refractivity contribution in [2.24, 2.45) is 0 Å². The van der Waals surface area contributed by atoms with Crippen LogP contribution in [0, 0.1) is 10.1 Å². The molecule has 18 heavy (non-hydrogen) atoms. The number of nitro groups is 1. The average Bonchev–Trinajstić information content (AvgIpc) is 2.78. The van der Waals surface area contributed by atoms with Gasteiger partial charge in [0, 0.05) is 24.5 Å². The molecule has 0 fully saturated rings. The summed E-state index contributed by atoms with van der Waals surface area (Å²) in [5, 5.41) is 11.0. The van der Waals surface area contributed by atoms with E-state index in [1.165, 1.54) is 12.1 Å². The lowest BCUT2D eigenvalue weighted by Gasteiger charge is -2.07. The topological polar surface area (TPSA) is 61.0 Å². The minimum Gasteiger partial charge on any atom is -0.329 e. The van der Waals surface area contributed by atoms with Crippen LogP contribution in [0.5, 0.6) is 0 Å². The van der Waals surface area contributed by atoms with Crippen molar-refractivity contribution in [2.75, 3.05) is 0 Å². The van der Waals surface area contributed by atoms with Crippen LogP contribution in [-0.4, -0.2) is 14.5 Å². The minimum atomic E-state index is -0.475. The molecule has 0 aliphatic carbocycles. The molecule has 0 spiro atoms. The number of alkyl halides is 1. The van der Waals surface area contributed by atoms with Gasteiger partial charge in [-0.25, -0.2) is 4.98 Å². The normalized spacial score (nSPS) is 10.6. The van der Waals surface area contributed by atoms with E-state index in [0.29, 0.717) is 17.4 Å². The maximum absolute atomic E-state index is 10.6. The maximum atomic E-state index is 10.6. The summed E-state index contributed by atoms with van der Waals surface area (Å²) >= 11 is 11.8. The van der Waals surface area contributed by atoms with Gasteiger partial charge in [-0.1, -0.05) is 11.6 Å². The molecule has 0 saturated carbocycles. The molecule has 2 rings (SSSR count). The van der Waals surface area contributed by atoms with Crippen LogP contribution in [0.25, 0.3) is 0 Å². The number of hydrogen-bond acceptors (Lipinski definition) is 3. The lowest BCUT2D eigenvalue weighted by molar-refractivity contribution is -0.384. The number of non-ortho nitro benzene ring substituents is 1. The zero-order valence-electron chi connectivity index (χ0n) is 9.22. The van der Waals surface area contributed by atoms with E-state index < -0.39 is 4.92 Å². The maximum Gasteiger partial charge on any atom is 0.270 e. The Balaban J connectivity index is 2.27. The third kappa shape index (κ3) is 2.63. The van der Waals surface area contributed by atoms with Crippen LogP contribution in [0.4, 0.5) is 5.69 Å². The van der Waals surface area contributed by atoms with Gasteiger partial charge in [0.15, 0.2) is 0 Å². The fourth-order valence-electron chi connectivity index (χ4n) is 1.58. The molecular formula is C11H9Cl2N3O2. The highest BCUT2D eigenvalue weighted by Gasteiger charge is 2.10. The van der Waals surface area contributed by atoms with E-state index in [-0.39, 0.29) is 5.69 Å². The molecule has 0 aliphatic heterocycles. The number of benzene rings is 1. The predicted molar refractivity (Wildman–Crippen MR) is 69.0 cm³/mol. The molecule has 0 atom stereocenters. The predicted octanol–water partition coefficient (Wildman–Crippen LogP) is 3.23. The van der Waals surface area contributed by atoms with Crippen molar-refractivity contribution in [3.8, 4) is 0 Å². The molecule has 1 heterocycles. The number of hydrogen-bond donors (Lipinski definition) is 0. The monoisotopic (exact) mass is 285 g/mol. The smallest absolute Gasteiger partial charge is 0.270 e. The van der Waals surface area contributed by atoms with Crippen molar-refractivity contribution >= 4 is 28.9 Å². The van der Waals surface area contributed by atoms with Gasteiger partial charge in [0.25, 0.3) is 5.69 Å². The van der Waals surface area contributed by atoms with Gasteiger partial charge in [-0.2, -0.15) is 0 Å². The van der Waals surface area contributed by atoms with Gasteiger partial charge < -0.3 is 4.57 Å². The van der Waals surface area contributed by atoms with Crippen molar-refractivity contribution in [1.29, 1.82) is 0 Å². The first-order valence-corrected chi connectivity index (χ1v) is 6.02. The molecule has 0 saturated heterocycles. The van der Waals surface area contributed by atoms with Crippen LogP contribution in [0.1, 0.15) is 11.4 Å². The summed E-state index contributed by atoms with van der Waals surface area (Å²) < 4.78 is 1.85. The molecule has 5 nitrogen and oxygen atoms in total. The second kappa shape index (κ2) is 5.37. The molecule has 0 amide bonds. The average molecular weight is 286 g/mol. The van der Waals surface area contributed by atoms with E-state index in [1.54, 1.807) is 18.5 Å². The fourth-order valence-corrected chi connectivity index (χ4v) is 2.03. The number of rotatable bonds is 4. The molecular weight excluding hydrogens is 277 g/mol. The quantitative estimate of drug-likeness (QED) is 0.492. The number of nitro benzene ring substituents is 1. The summed E-state index contributed by atoms with van der Waals surface area (Å²) in [7, 11) is 0. The molecule has 0 aliphatic rings. The van der Waals surface area contributed by atoms with Crippen molar-refractivity contribution < 1.29 is 4.92 Å². The van der Waals surface area contributed by atoms with E-state index in [4.69, 9.17) is 23.2 Å². The third-order valence-corrected chi connectivity index (χ3v) is 3.10. The molecule has 0 unspecified atom stereocenters. The van der Waals surface area contributed by atoms with Crippen molar-refractivity contribution in [3.63, 3.8) is 0 Å². The molecule has 0 bridgehead atoms. The largest absolute Gasteiger partial charge is 0.329 e. The summed E-state index contributed by atoms with van der Waals surface area (Å²) in [4.78, 5) is 14.2. The molecule has 7 heteroatoms. The Labute approximate surface area is 113 Å². The second-order valence-corrected chi connectivity index (χ2v) is 4.31. The van der Waals surface area contributed by atoms with E-state index in [0.717, 1.165) is 11.4 Å². The highest BCUT2D eigenvalue weighted by atomic mass is 35.5. The third-order valence-electron chi connectivity index (χ3n) is 2.51. The van der Waals surface area contributed by atoms with Crippen LogP contribution in [0.15, 0.2) is 30.6 Å². The van der Waals surface area contributed by atoms with Crippen LogP contribution >= 0.6 is 23.2 Å². The first-order valence-electron chi connectivity index (χ1n) is 5.10. The lowest BCUT2D eigenvalue weighted by atomic mass is 10.2. The number of aromatic nitrogens is 2. The highest BCUT2D eigenvalue weighted by molar-refractivity contribution is 6.31. The van der Waals surface area contributed by atoms with Gasteiger partial charge in [0.05, 0.1) is 22.4 Å². The molecule has 1 aromatic heterocycles. The van der Waals surface area contributed by atoms with Crippen molar-refractivity contribution in [2.45, 2.75) is 12.4 Å². The van der Waals surface area contributed by atoms with E-state index in [2.05, 4.69) is 4.98 Å². The molecule has 0 N–H and O–H groups in total. The fraction of sp³-hybridized carbons (Fsp3) is 0.182. The number of nitrogens with zero attached hydrogens (tertiary/aromatic N) is 3. The first kappa shape index (κ1) is 12.9. The van der Waals surface area contributed by atoms with Crippen LogP contribution < -0.4 is 0 Å². The SMILES string of the molecule is O=[N+]([O-])c1ccc(Cn2ccnc2CCl)c(Cl)c1. The summed E-state index contributed by atoms with van der Waals surface area (Å²) in [5.74, 6) is 1.03. The number of halogens is 2. The van der Waals surface area contributed by atoms with Gasteiger partial charge in [0.2, 0.25) is 0 Å². The summed E-state index contributed by atoms with van der Waals surface area (Å²) in [6.07, 6.45) is 3.44. The lowest BCUT2D eigenvalue weighted by Crippen LogP contribution is -2.03. The van der Waals surface area contributed by atoms with Crippen molar-refractivity contribution in [1.82, 2.24) is 9.55 Å². The first-order chi connectivity index (χ1) is 8.61. The number of imidazole rings is 1. The summed E-state index contributed by atoms with van der Waals surface area (Å²) in [6, 6.07) is 4.41. The van der Waals surface area contributed by atoms with Crippen molar-refractivity contribution in [3.05, 3.63) is 57.1 Å². The Morgan fingerprint density at radius 3 is 2.83 bits per heavy atom. The molecule has 2 aromatic rings. The zero-order chi connectivity index (χ0) is 13.1. The van der Waals surface area contributed by atoms with E-state index in [9.17, 15) is 10.1 Å². The van der Waals surface area contributed by atoms with E-state index >= 15 is 0 Å². The Morgan fingerprint density at radius 1 is 1.44 bits per heavy atom. The molecule has 1 aromatic carbocycles. The Kier molecular flexibility index (Phi) is 3.84. The van der Waals surface area contributed by atoms with Crippen LogP contribution in [-0.2, 0) is 12.4 Å². The van der Waals surface area contributed by atoms with Gasteiger partial charge in [-0.05, 0) is 11.6 Å². The zero-order valence-corrected chi connectivity index (χ0v) is 10.7.